The fourth-order valence-corrected chi connectivity index (χ4v) is 0.886. The Morgan fingerprint density at radius 1 is 1.67 bits per heavy atom. The summed E-state index contributed by atoms with van der Waals surface area (Å²) in [6.45, 7) is 7.61. The van der Waals surface area contributed by atoms with Crippen molar-refractivity contribution in [3.8, 4) is 0 Å². The van der Waals surface area contributed by atoms with E-state index in [4.69, 9.17) is 5.41 Å². The number of thioether (sulfide) groups is 1. The molecule has 0 aromatic carbocycles. The SMILES string of the molecule is C=C(C=N)S/C(C)=C/C. The van der Waals surface area contributed by atoms with Crippen LogP contribution in [0, 0.1) is 5.41 Å². The van der Waals surface area contributed by atoms with Gasteiger partial charge in [0.25, 0.3) is 0 Å². The minimum Gasteiger partial charge on any atom is -0.308 e. The third kappa shape index (κ3) is 4.03. The molecule has 9 heavy (non-hydrogen) atoms. The molecule has 0 fully saturated rings. The van der Waals surface area contributed by atoms with Crippen molar-refractivity contribution in [3.05, 3.63) is 22.5 Å². The van der Waals surface area contributed by atoms with E-state index in [1.165, 1.54) is 22.9 Å². The van der Waals surface area contributed by atoms with Gasteiger partial charge in [-0.1, -0.05) is 24.4 Å². The topological polar surface area (TPSA) is 23.9 Å². The van der Waals surface area contributed by atoms with Crippen molar-refractivity contribution in [1.82, 2.24) is 0 Å². The quantitative estimate of drug-likeness (QED) is 0.600. The fourth-order valence-electron chi connectivity index (χ4n) is 0.295. The van der Waals surface area contributed by atoms with E-state index in [1.807, 2.05) is 19.9 Å². The molecule has 0 aromatic heterocycles. The van der Waals surface area contributed by atoms with E-state index in [0.717, 1.165) is 4.91 Å². The zero-order chi connectivity index (χ0) is 7.28. The van der Waals surface area contributed by atoms with Gasteiger partial charge in [0.15, 0.2) is 0 Å². The van der Waals surface area contributed by atoms with E-state index < -0.39 is 0 Å². The van der Waals surface area contributed by atoms with Gasteiger partial charge in [-0.2, -0.15) is 0 Å². The summed E-state index contributed by atoms with van der Waals surface area (Å²) < 4.78 is 0. The minimum absolute atomic E-state index is 0.783. The van der Waals surface area contributed by atoms with Crippen LogP contribution >= 0.6 is 11.8 Å². The summed E-state index contributed by atoms with van der Waals surface area (Å²) in [4.78, 5) is 1.97. The third-order valence-electron chi connectivity index (χ3n) is 0.860. The van der Waals surface area contributed by atoms with Crippen molar-refractivity contribution < 1.29 is 0 Å². The molecule has 0 saturated heterocycles. The number of allylic oxidation sites excluding steroid dienone is 3. The highest BCUT2D eigenvalue weighted by molar-refractivity contribution is 8.07. The number of hydrogen-bond acceptors (Lipinski definition) is 2. The van der Waals surface area contributed by atoms with Crippen molar-refractivity contribution in [2.45, 2.75) is 13.8 Å². The normalized spacial score (nSPS) is 11.1. The summed E-state index contributed by atoms with van der Waals surface area (Å²) in [5.41, 5.74) is 0. The van der Waals surface area contributed by atoms with Gasteiger partial charge in [0.2, 0.25) is 0 Å². The molecule has 0 radical (unpaired) electrons. The molecule has 0 spiro atoms. The van der Waals surface area contributed by atoms with Crippen LogP contribution in [0.3, 0.4) is 0 Å². The highest BCUT2D eigenvalue weighted by Gasteiger charge is 1.89. The second-order valence-electron chi connectivity index (χ2n) is 1.61. The second-order valence-corrected chi connectivity index (χ2v) is 2.98. The van der Waals surface area contributed by atoms with Crippen molar-refractivity contribution in [1.29, 1.82) is 5.41 Å². The van der Waals surface area contributed by atoms with E-state index >= 15 is 0 Å². The van der Waals surface area contributed by atoms with Gasteiger partial charge in [0.1, 0.15) is 0 Å². The van der Waals surface area contributed by atoms with Crippen molar-refractivity contribution >= 4 is 18.0 Å². The summed E-state index contributed by atoms with van der Waals surface area (Å²) in [5.74, 6) is 0. The van der Waals surface area contributed by atoms with Crippen LogP contribution in [0.25, 0.3) is 0 Å². The second kappa shape index (κ2) is 4.39. The van der Waals surface area contributed by atoms with Gasteiger partial charge in [0, 0.05) is 11.1 Å². The van der Waals surface area contributed by atoms with E-state index in [2.05, 4.69) is 6.58 Å². The van der Waals surface area contributed by atoms with Gasteiger partial charge in [0.05, 0.1) is 0 Å². The lowest BCUT2D eigenvalue weighted by Gasteiger charge is -1.95. The van der Waals surface area contributed by atoms with E-state index in [-0.39, 0.29) is 0 Å². The van der Waals surface area contributed by atoms with Crippen LogP contribution in [0.15, 0.2) is 22.5 Å². The van der Waals surface area contributed by atoms with Crippen molar-refractivity contribution in [2.75, 3.05) is 0 Å². The first kappa shape index (κ1) is 8.50. The van der Waals surface area contributed by atoms with Crippen LogP contribution in [0.5, 0.6) is 0 Å². The predicted octanol–water partition coefficient (Wildman–Crippen LogP) is 2.81. The molecule has 1 N–H and O–H groups in total. The van der Waals surface area contributed by atoms with Crippen molar-refractivity contribution in [3.63, 3.8) is 0 Å². The summed E-state index contributed by atoms with van der Waals surface area (Å²) in [5, 5.41) is 6.80. The fraction of sp³-hybridized carbons (Fsp3) is 0.286. The van der Waals surface area contributed by atoms with Gasteiger partial charge in [-0.3, -0.25) is 0 Å². The van der Waals surface area contributed by atoms with Gasteiger partial charge in [-0.05, 0) is 18.8 Å². The Morgan fingerprint density at radius 3 is 2.56 bits per heavy atom. The summed E-state index contributed by atoms with van der Waals surface area (Å²) >= 11 is 1.52. The molecule has 0 amide bonds. The molecule has 0 saturated carbocycles. The lowest BCUT2D eigenvalue weighted by atomic mass is 10.6. The molecular formula is C7H11NS. The Balaban J connectivity index is 3.74. The maximum absolute atomic E-state index is 6.80. The van der Waals surface area contributed by atoms with Crippen LogP contribution in [0.2, 0.25) is 0 Å². The number of rotatable bonds is 3. The average Bonchev–Trinajstić information content (AvgIpc) is 1.87. The lowest BCUT2D eigenvalue weighted by molar-refractivity contribution is 1.57. The first-order chi connectivity index (χ1) is 4.20. The molecule has 0 aliphatic carbocycles. The largest absolute Gasteiger partial charge is 0.308 e. The molecule has 0 aliphatic rings. The van der Waals surface area contributed by atoms with Crippen LogP contribution in [0.1, 0.15) is 13.8 Å². The van der Waals surface area contributed by atoms with Crippen LogP contribution in [-0.4, -0.2) is 6.21 Å². The van der Waals surface area contributed by atoms with Crippen LogP contribution in [-0.2, 0) is 0 Å². The number of hydrogen-bond donors (Lipinski definition) is 1. The van der Waals surface area contributed by atoms with Gasteiger partial charge in [-0.25, -0.2) is 0 Å². The molecule has 0 unspecified atom stereocenters. The monoisotopic (exact) mass is 141 g/mol. The maximum Gasteiger partial charge on any atom is 0.0311 e. The maximum atomic E-state index is 6.80. The summed E-state index contributed by atoms with van der Waals surface area (Å²) in [6, 6.07) is 0. The van der Waals surface area contributed by atoms with Crippen LogP contribution in [0.4, 0.5) is 0 Å². The van der Waals surface area contributed by atoms with E-state index in [1.54, 1.807) is 0 Å². The standard InChI is InChI=1S/C7H11NS/c1-4-6(2)9-7(3)5-8/h4-5,8H,3H2,1-2H3/b6-4+,8-5?. The Hall–Kier alpha value is -0.500. The summed E-state index contributed by atoms with van der Waals surface area (Å²) in [7, 11) is 0. The van der Waals surface area contributed by atoms with Gasteiger partial charge < -0.3 is 5.41 Å². The zero-order valence-electron chi connectivity index (χ0n) is 5.77. The Morgan fingerprint density at radius 2 is 2.22 bits per heavy atom. The molecule has 1 nitrogen and oxygen atoms in total. The Kier molecular flexibility index (Phi) is 4.14. The summed E-state index contributed by atoms with van der Waals surface area (Å²) in [6.07, 6.45) is 3.26. The molecule has 0 aliphatic heterocycles. The highest BCUT2D eigenvalue weighted by atomic mass is 32.2. The molecule has 0 bridgehead atoms. The van der Waals surface area contributed by atoms with E-state index in [0.29, 0.717) is 0 Å². The third-order valence-corrected chi connectivity index (χ3v) is 1.80. The van der Waals surface area contributed by atoms with E-state index in [9.17, 15) is 0 Å². The molecule has 0 rings (SSSR count). The first-order valence-corrected chi connectivity index (χ1v) is 3.52. The smallest absolute Gasteiger partial charge is 0.0311 e. The molecule has 50 valence electrons. The molecule has 2 heteroatoms. The van der Waals surface area contributed by atoms with Gasteiger partial charge in [-0.15, -0.1) is 0 Å². The Bertz CT molecular complexity index is 147. The van der Waals surface area contributed by atoms with Crippen LogP contribution < -0.4 is 0 Å². The first-order valence-electron chi connectivity index (χ1n) is 2.71. The average molecular weight is 141 g/mol. The van der Waals surface area contributed by atoms with Crippen molar-refractivity contribution in [2.24, 2.45) is 0 Å². The molecular weight excluding hydrogens is 130 g/mol. The molecule has 0 aromatic rings. The zero-order valence-corrected chi connectivity index (χ0v) is 6.59. The molecule has 0 atom stereocenters. The number of nitrogens with one attached hydrogen (secondary N) is 1. The predicted molar refractivity (Wildman–Crippen MR) is 44.9 cm³/mol. The van der Waals surface area contributed by atoms with Gasteiger partial charge >= 0.3 is 0 Å². The molecule has 0 heterocycles. The lowest BCUT2D eigenvalue weighted by Crippen LogP contribution is -1.72. The Labute approximate surface area is 60.4 Å². The highest BCUT2D eigenvalue weighted by Crippen LogP contribution is 2.20. The minimum atomic E-state index is 0.783.